The average molecular weight is 346 g/mol. The van der Waals surface area contributed by atoms with Crippen LogP contribution in [0.3, 0.4) is 0 Å². The van der Waals surface area contributed by atoms with E-state index in [4.69, 9.17) is 0 Å². The molecule has 2 fully saturated rings. The minimum atomic E-state index is -0.926. The molecule has 0 aliphatic heterocycles. The van der Waals surface area contributed by atoms with Gasteiger partial charge < -0.3 is 15.7 Å². The number of allylic oxidation sites excluding steroid dienone is 2. The van der Waals surface area contributed by atoms with E-state index in [2.05, 4.69) is 10.6 Å². The van der Waals surface area contributed by atoms with Gasteiger partial charge in [-0.2, -0.15) is 0 Å². The number of aliphatic carboxylic acids is 1. The lowest BCUT2D eigenvalue weighted by Gasteiger charge is -2.23. The fourth-order valence-electron chi connectivity index (χ4n) is 3.79. The molecule has 3 N–H and O–H groups in total. The Morgan fingerprint density at radius 1 is 1.12 bits per heavy atom. The van der Waals surface area contributed by atoms with Crippen molar-refractivity contribution in [1.29, 1.82) is 0 Å². The summed E-state index contributed by atoms with van der Waals surface area (Å²) in [5, 5.41) is 17.4. The van der Waals surface area contributed by atoms with Crippen LogP contribution in [0, 0.1) is 23.7 Å². The minimum Gasteiger partial charge on any atom is -0.481 e. The fraction of sp³-hybridized carbons (Fsp3) is 0.471. The second-order valence-electron chi connectivity index (χ2n) is 6.74. The molecule has 0 spiro atoms. The van der Waals surface area contributed by atoms with Gasteiger partial charge >= 0.3 is 5.97 Å². The minimum absolute atomic E-state index is 0.0280. The van der Waals surface area contributed by atoms with Gasteiger partial charge in [-0.05, 0) is 42.5 Å². The maximum Gasteiger partial charge on any atom is 0.307 e. The van der Waals surface area contributed by atoms with E-state index in [9.17, 15) is 19.5 Å². The summed E-state index contributed by atoms with van der Waals surface area (Å²) in [5.41, 5.74) is 0.450. The molecule has 4 rings (SSSR count). The Morgan fingerprint density at radius 2 is 1.83 bits per heavy atom. The molecule has 2 amide bonds. The summed E-state index contributed by atoms with van der Waals surface area (Å²) < 4.78 is 0. The van der Waals surface area contributed by atoms with E-state index in [-0.39, 0.29) is 29.7 Å². The van der Waals surface area contributed by atoms with Gasteiger partial charge in [0.25, 0.3) is 5.91 Å². The summed E-state index contributed by atoms with van der Waals surface area (Å²) in [6, 6.07) is 1.93. The highest BCUT2D eigenvalue weighted by molar-refractivity contribution is 7.14. The smallest absolute Gasteiger partial charge is 0.307 e. The molecular weight excluding hydrogens is 328 g/mol. The van der Waals surface area contributed by atoms with Crippen LogP contribution in [-0.4, -0.2) is 28.9 Å². The first-order valence-corrected chi connectivity index (χ1v) is 9.03. The Labute approximate surface area is 142 Å². The lowest BCUT2D eigenvalue weighted by molar-refractivity contribution is -0.146. The first-order chi connectivity index (χ1) is 11.5. The van der Waals surface area contributed by atoms with Gasteiger partial charge in [0.2, 0.25) is 5.91 Å². The second-order valence-corrected chi connectivity index (χ2v) is 7.65. The molecule has 3 aliphatic rings. The van der Waals surface area contributed by atoms with E-state index in [1.807, 2.05) is 12.2 Å². The van der Waals surface area contributed by atoms with Crippen LogP contribution in [0.4, 0.5) is 5.00 Å². The highest BCUT2D eigenvalue weighted by atomic mass is 32.1. The molecule has 0 unspecified atom stereocenters. The Hall–Kier alpha value is -2.15. The Bertz CT molecular complexity index is 737. The van der Waals surface area contributed by atoms with Crippen molar-refractivity contribution in [2.45, 2.75) is 25.3 Å². The molecule has 1 heterocycles. The third kappa shape index (κ3) is 2.62. The Morgan fingerprint density at radius 3 is 2.50 bits per heavy atom. The number of rotatable bonds is 5. The largest absolute Gasteiger partial charge is 0.481 e. The molecular formula is C17H18N2O4S. The highest BCUT2D eigenvalue weighted by Crippen LogP contribution is 2.48. The van der Waals surface area contributed by atoms with Gasteiger partial charge in [-0.1, -0.05) is 12.2 Å². The highest BCUT2D eigenvalue weighted by Gasteiger charge is 2.51. The standard InChI is InChI=1S/C17H18N2O4S/c20-14(18-10-3-4-10)11-5-6-24-16(11)19-15(21)12-8-1-2-9(7-8)13(12)17(22)23/h1-2,5-6,8-10,12-13H,3-4,7H2,(H,18,20)(H,19,21)(H,22,23)/t8-,9+,12-,13+/m1/s1. The number of carbonyl (C=O) groups is 3. The fourth-order valence-corrected chi connectivity index (χ4v) is 4.57. The van der Waals surface area contributed by atoms with E-state index in [1.54, 1.807) is 11.4 Å². The van der Waals surface area contributed by atoms with Crippen molar-refractivity contribution < 1.29 is 19.5 Å². The van der Waals surface area contributed by atoms with Gasteiger partial charge in [0.05, 0.1) is 17.4 Å². The van der Waals surface area contributed by atoms with Gasteiger partial charge in [0.15, 0.2) is 0 Å². The molecule has 0 radical (unpaired) electrons. The van der Waals surface area contributed by atoms with Crippen molar-refractivity contribution in [3.8, 4) is 0 Å². The van der Waals surface area contributed by atoms with Gasteiger partial charge in [-0.3, -0.25) is 14.4 Å². The zero-order chi connectivity index (χ0) is 16.8. The Kier molecular flexibility index (Phi) is 3.68. The zero-order valence-corrected chi connectivity index (χ0v) is 13.7. The summed E-state index contributed by atoms with van der Waals surface area (Å²) in [4.78, 5) is 36.4. The maximum absolute atomic E-state index is 12.7. The lowest BCUT2D eigenvalue weighted by Crippen LogP contribution is -2.36. The van der Waals surface area contributed by atoms with Crippen molar-refractivity contribution in [2.75, 3.05) is 5.32 Å². The van der Waals surface area contributed by atoms with Crippen LogP contribution in [0.5, 0.6) is 0 Å². The molecule has 3 aliphatic carbocycles. The van der Waals surface area contributed by atoms with Crippen molar-refractivity contribution in [3.05, 3.63) is 29.2 Å². The van der Waals surface area contributed by atoms with Gasteiger partial charge in [0.1, 0.15) is 5.00 Å². The van der Waals surface area contributed by atoms with Crippen LogP contribution in [0.25, 0.3) is 0 Å². The summed E-state index contributed by atoms with van der Waals surface area (Å²) in [6.07, 6.45) is 6.57. The molecule has 7 heteroatoms. The summed E-state index contributed by atoms with van der Waals surface area (Å²) >= 11 is 1.28. The molecule has 126 valence electrons. The lowest BCUT2D eigenvalue weighted by atomic mass is 9.82. The first kappa shape index (κ1) is 15.4. The second kappa shape index (κ2) is 5.73. The van der Waals surface area contributed by atoms with Crippen molar-refractivity contribution in [3.63, 3.8) is 0 Å². The van der Waals surface area contributed by atoms with Crippen LogP contribution < -0.4 is 10.6 Å². The van der Waals surface area contributed by atoms with Crippen LogP contribution in [-0.2, 0) is 9.59 Å². The molecule has 24 heavy (non-hydrogen) atoms. The average Bonchev–Trinajstić information content (AvgIpc) is 2.98. The van der Waals surface area contributed by atoms with E-state index >= 15 is 0 Å². The first-order valence-electron chi connectivity index (χ1n) is 8.15. The number of carboxylic acid groups (broad SMARTS) is 1. The molecule has 2 bridgehead atoms. The molecule has 0 saturated heterocycles. The number of hydrogen-bond donors (Lipinski definition) is 3. The van der Waals surface area contributed by atoms with Crippen LogP contribution in [0.15, 0.2) is 23.6 Å². The Balaban J connectivity index is 1.50. The van der Waals surface area contributed by atoms with Gasteiger partial charge in [0, 0.05) is 6.04 Å². The number of fused-ring (bicyclic) bond motifs is 2. The quantitative estimate of drug-likeness (QED) is 0.712. The number of anilines is 1. The van der Waals surface area contributed by atoms with E-state index < -0.39 is 17.8 Å². The molecule has 2 saturated carbocycles. The predicted octanol–water partition coefficient (Wildman–Crippen LogP) is 2.10. The van der Waals surface area contributed by atoms with Crippen LogP contribution in [0.1, 0.15) is 29.6 Å². The van der Waals surface area contributed by atoms with Gasteiger partial charge in [-0.15, -0.1) is 11.3 Å². The van der Waals surface area contributed by atoms with Crippen molar-refractivity contribution in [1.82, 2.24) is 5.32 Å². The molecule has 0 aromatic carbocycles. The maximum atomic E-state index is 12.7. The number of carboxylic acids is 1. The summed E-state index contributed by atoms with van der Waals surface area (Å²) in [7, 11) is 0. The van der Waals surface area contributed by atoms with Gasteiger partial charge in [-0.25, -0.2) is 0 Å². The van der Waals surface area contributed by atoms with Crippen LogP contribution >= 0.6 is 11.3 Å². The summed E-state index contributed by atoms with van der Waals surface area (Å²) in [6.45, 7) is 0. The molecule has 1 aromatic rings. The van der Waals surface area contributed by atoms with Crippen LogP contribution in [0.2, 0.25) is 0 Å². The molecule has 4 atom stereocenters. The normalized spacial score (nSPS) is 30.3. The number of hydrogen-bond acceptors (Lipinski definition) is 4. The summed E-state index contributed by atoms with van der Waals surface area (Å²) in [5.74, 6) is -2.75. The SMILES string of the molecule is O=C(NC1CC1)c1ccsc1NC(=O)[C@H]1[C@@H](C(=O)O)[C@H]2C=C[C@@H]1C2. The molecule has 1 aromatic heterocycles. The monoisotopic (exact) mass is 346 g/mol. The number of carbonyl (C=O) groups excluding carboxylic acids is 2. The van der Waals surface area contributed by atoms with E-state index in [0.717, 1.165) is 12.8 Å². The predicted molar refractivity (Wildman–Crippen MR) is 88.8 cm³/mol. The number of nitrogens with one attached hydrogen (secondary N) is 2. The number of thiophene rings is 1. The third-order valence-corrected chi connectivity index (χ3v) is 5.94. The van der Waals surface area contributed by atoms with Crippen molar-refractivity contribution >= 4 is 34.1 Å². The zero-order valence-electron chi connectivity index (χ0n) is 12.9. The molecule has 6 nitrogen and oxygen atoms in total. The topological polar surface area (TPSA) is 95.5 Å². The van der Waals surface area contributed by atoms with Crippen molar-refractivity contribution in [2.24, 2.45) is 23.7 Å². The number of amides is 2. The van der Waals surface area contributed by atoms with E-state index in [1.165, 1.54) is 11.3 Å². The van der Waals surface area contributed by atoms with E-state index in [0.29, 0.717) is 17.0 Å². The third-order valence-electron chi connectivity index (χ3n) is 5.11.